The highest BCUT2D eigenvalue weighted by molar-refractivity contribution is 6.25. The van der Waals surface area contributed by atoms with Crippen molar-refractivity contribution in [2.24, 2.45) is 0 Å². The molecule has 206 valence electrons. The summed E-state index contributed by atoms with van der Waals surface area (Å²) in [4.78, 5) is 0. The normalized spacial score (nSPS) is 12.0. The van der Waals surface area contributed by atoms with Crippen LogP contribution in [0, 0.1) is 0 Å². The Morgan fingerprint density at radius 2 is 0.659 bits per heavy atom. The van der Waals surface area contributed by atoms with Gasteiger partial charge in [-0.25, -0.2) is 0 Å². The quantitative estimate of drug-likeness (QED) is 0.199. The van der Waals surface area contributed by atoms with Crippen molar-refractivity contribution < 1.29 is 9.47 Å². The summed E-state index contributed by atoms with van der Waals surface area (Å²) in [6.07, 6.45) is 0. The third kappa shape index (κ3) is 4.04. The van der Waals surface area contributed by atoms with E-state index in [9.17, 15) is 0 Å². The van der Waals surface area contributed by atoms with Gasteiger partial charge in [-0.2, -0.15) is 0 Å². The van der Waals surface area contributed by atoms with Gasteiger partial charge in [0.1, 0.15) is 0 Å². The van der Waals surface area contributed by atoms with Gasteiger partial charge >= 0.3 is 0 Å². The second-order valence-corrected chi connectivity index (χ2v) is 11.3. The molecule has 0 amide bonds. The van der Waals surface area contributed by atoms with Gasteiger partial charge in [-0.15, -0.1) is 0 Å². The molecule has 0 atom stereocenters. The van der Waals surface area contributed by atoms with Crippen LogP contribution in [0.5, 0.6) is 23.0 Å². The molecule has 2 nitrogen and oxygen atoms in total. The SMILES string of the molecule is c1ccc(-c2cc(-c3ccc4c(c3)Oc3ccccc3O4)cc(-c3ccc4c5ccccc5c5ccccc5c4c3)c2)cc1. The minimum atomic E-state index is 0.719. The van der Waals surface area contributed by atoms with Crippen molar-refractivity contribution in [1.29, 1.82) is 0 Å². The van der Waals surface area contributed by atoms with Gasteiger partial charge in [-0.05, 0) is 114 Å². The summed E-state index contributed by atoms with van der Waals surface area (Å²) in [5.74, 6) is 2.90. The first kappa shape index (κ1) is 24.7. The largest absolute Gasteiger partial charge is 0.450 e. The van der Waals surface area contributed by atoms with Crippen molar-refractivity contribution in [2.45, 2.75) is 0 Å². The van der Waals surface area contributed by atoms with Crippen molar-refractivity contribution >= 4 is 32.3 Å². The molecule has 0 fully saturated rings. The number of fused-ring (bicyclic) bond motifs is 8. The maximum Gasteiger partial charge on any atom is 0.170 e. The zero-order valence-electron chi connectivity index (χ0n) is 23.8. The smallest absolute Gasteiger partial charge is 0.170 e. The van der Waals surface area contributed by atoms with Gasteiger partial charge in [-0.3, -0.25) is 0 Å². The molecule has 1 heterocycles. The van der Waals surface area contributed by atoms with Crippen LogP contribution >= 0.6 is 0 Å². The Bertz CT molecular complexity index is 2350. The van der Waals surface area contributed by atoms with Crippen LogP contribution in [0.25, 0.3) is 65.7 Å². The molecule has 1 aliphatic heterocycles. The fourth-order valence-electron chi connectivity index (χ4n) is 6.55. The topological polar surface area (TPSA) is 18.5 Å². The van der Waals surface area contributed by atoms with Crippen LogP contribution in [0.2, 0.25) is 0 Å². The van der Waals surface area contributed by atoms with Crippen LogP contribution < -0.4 is 9.47 Å². The lowest BCUT2D eigenvalue weighted by Crippen LogP contribution is -1.98. The number of hydrogen-bond donors (Lipinski definition) is 0. The Balaban J connectivity index is 1.23. The molecule has 8 aromatic rings. The van der Waals surface area contributed by atoms with Gasteiger partial charge in [0.05, 0.1) is 0 Å². The zero-order chi connectivity index (χ0) is 29.0. The van der Waals surface area contributed by atoms with Gasteiger partial charge in [0.2, 0.25) is 0 Å². The molecule has 0 saturated heterocycles. The molecule has 0 bridgehead atoms. The van der Waals surface area contributed by atoms with Crippen molar-refractivity contribution in [3.63, 3.8) is 0 Å². The fourth-order valence-corrected chi connectivity index (χ4v) is 6.55. The van der Waals surface area contributed by atoms with Gasteiger partial charge in [-0.1, -0.05) is 109 Å². The van der Waals surface area contributed by atoms with Crippen LogP contribution in [0.4, 0.5) is 0 Å². The van der Waals surface area contributed by atoms with Crippen molar-refractivity contribution in [3.8, 4) is 56.4 Å². The first-order valence-electron chi connectivity index (χ1n) is 14.9. The van der Waals surface area contributed by atoms with E-state index in [2.05, 4.69) is 127 Å². The number of ether oxygens (including phenoxy) is 2. The molecule has 0 spiro atoms. The molecule has 0 aliphatic carbocycles. The Labute approximate surface area is 255 Å². The molecule has 44 heavy (non-hydrogen) atoms. The molecule has 0 radical (unpaired) electrons. The van der Waals surface area contributed by atoms with E-state index in [1.165, 1.54) is 54.6 Å². The maximum atomic E-state index is 6.27. The average Bonchev–Trinajstić information content (AvgIpc) is 3.10. The van der Waals surface area contributed by atoms with Gasteiger partial charge in [0.25, 0.3) is 0 Å². The molecule has 0 unspecified atom stereocenters. The first-order chi connectivity index (χ1) is 21.8. The van der Waals surface area contributed by atoms with E-state index in [1.54, 1.807) is 0 Å². The summed E-state index contributed by atoms with van der Waals surface area (Å²) in [5, 5.41) is 7.66. The Hall–Kier alpha value is -5.86. The van der Waals surface area contributed by atoms with Crippen LogP contribution in [0.3, 0.4) is 0 Å². The summed E-state index contributed by atoms with van der Waals surface area (Å²) < 4.78 is 12.4. The van der Waals surface area contributed by atoms with Crippen molar-refractivity contribution in [3.05, 3.63) is 158 Å². The second kappa shape index (κ2) is 9.86. The monoisotopic (exact) mass is 562 g/mol. The molecule has 8 aromatic carbocycles. The molecule has 0 N–H and O–H groups in total. The molecular weight excluding hydrogens is 536 g/mol. The number of para-hydroxylation sites is 2. The van der Waals surface area contributed by atoms with Crippen LogP contribution in [-0.2, 0) is 0 Å². The van der Waals surface area contributed by atoms with Gasteiger partial charge in [0.15, 0.2) is 23.0 Å². The summed E-state index contributed by atoms with van der Waals surface area (Å²) in [6, 6.07) is 55.8. The predicted molar refractivity (Wildman–Crippen MR) is 182 cm³/mol. The minimum Gasteiger partial charge on any atom is -0.450 e. The van der Waals surface area contributed by atoms with E-state index in [0.717, 1.165) is 34.1 Å². The van der Waals surface area contributed by atoms with Crippen molar-refractivity contribution in [2.75, 3.05) is 0 Å². The van der Waals surface area contributed by atoms with E-state index in [-0.39, 0.29) is 0 Å². The molecule has 1 aliphatic rings. The van der Waals surface area contributed by atoms with E-state index in [0.29, 0.717) is 0 Å². The lowest BCUT2D eigenvalue weighted by molar-refractivity contribution is 0.360. The third-order valence-corrected chi connectivity index (χ3v) is 8.68. The predicted octanol–water partition coefficient (Wildman–Crippen LogP) is 12.0. The number of rotatable bonds is 3. The number of hydrogen-bond acceptors (Lipinski definition) is 2. The fraction of sp³-hybridized carbons (Fsp3) is 0. The Morgan fingerprint density at radius 1 is 0.227 bits per heavy atom. The van der Waals surface area contributed by atoms with Crippen LogP contribution in [-0.4, -0.2) is 0 Å². The van der Waals surface area contributed by atoms with E-state index in [4.69, 9.17) is 9.47 Å². The summed E-state index contributed by atoms with van der Waals surface area (Å²) in [7, 11) is 0. The van der Waals surface area contributed by atoms with Gasteiger partial charge in [0, 0.05) is 0 Å². The van der Waals surface area contributed by atoms with Gasteiger partial charge < -0.3 is 9.47 Å². The first-order valence-corrected chi connectivity index (χ1v) is 14.9. The lowest BCUT2D eigenvalue weighted by atomic mass is 9.90. The van der Waals surface area contributed by atoms with E-state index in [1.807, 2.05) is 30.3 Å². The summed E-state index contributed by atoms with van der Waals surface area (Å²) in [6.45, 7) is 0. The third-order valence-electron chi connectivity index (χ3n) is 8.68. The zero-order valence-corrected chi connectivity index (χ0v) is 23.8. The van der Waals surface area contributed by atoms with Crippen molar-refractivity contribution in [1.82, 2.24) is 0 Å². The maximum absolute atomic E-state index is 6.27. The molecular formula is C42H26O2. The average molecular weight is 563 g/mol. The standard InChI is InChI=1S/C42H26O2/c1-2-10-27(11-3-1)30-22-31(24-32(23-30)29-19-21-41-42(26-29)44-40-17-9-8-16-39(40)43-41)28-18-20-37-35-14-5-4-12-33(35)34-13-6-7-15-36(34)38(37)25-28/h1-26H. The van der Waals surface area contributed by atoms with Crippen LogP contribution in [0.15, 0.2) is 158 Å². The summed E-state index contributed by atoms with van der Waals surface area (Å²) in [5.41, 5.74) is 6.89. The number of benzene rings is 8. The molecule has 0 saturated carbocycles. The van der Waals surface area contributed by atoms with E-state index < -0.39 is 0 Å². The highest BCUT2D eigenvalue weighted by atomic mass is 16.6. The minimum absolute atomic E-state index is 0.719. The molecule has 2 heteroatoms. The lowest BCUT2D eigenvalue weighted by Gasteiger charge is -2.21. The van der Waals surface area contributed by atoms with Crippen LogP contribution in [0.1, 0.15) is 0 Å². The van der Waals surface area contributed by atoms with E-state index >= 15 is 0 Å². The molecule has 0 aromatic heterocycles. The second-order valence-electron chi connectivity index (χ2n) is 11.3. The summed E-state index contributed by atoms with van der Waals surface area (Å²) >= 11 is 0. The highest BCUT2D eigenvalue weighted by Gasteiger charge is 2.19. The molecule has 9 rings (SSSR count). The Morgan fingerprint density at radius 3 is 1.30 bits per heavy atom. The highest BCUT2D eigenvalue weighted by Crippen LogP contribution is 2.47. The Kier molecular flexibility index (Phi) is 5.54.